The topological polar surface area (TPSA) is 65.9 Å². The van der Waals surface area contributed by atoms with Crippen LogP contribution in [0.5, 0.6) is 0 Å². The molecule has 0 unspecified atom stereocenters. The van der Waals surface area contributed by atoms with Crippen molar-refractivity contribution in [1.29, 1.82) is 5.26 Å². The largest absolute Gasteiger partial charge is 0.464 e. The molecule has 0 fully saturated rings. The molecule has 2 rings (SSSR count). The van der Waals surface area contributed by atoms with Crippen LogP contribution >= 0.6 is 0 Å². The minimum absolute atomic E-state index is 0.312. The normalized spacial score (nSPS) is 14.1. The van der Waals surface area contributed by atoms with Crippen molar-refractivity contribution in [1.82, 2.24) is 4.98 Å². The van der Waals surface area contributed by atoms with E-state index in [4.69, 9.17) is 5.26 Å². The molecule has 0 radical (unpaired) electrons. The molecule has 1 heterocycles. The molecule has 0 bridgehead atoms. The Morgan fingerprint density at radius 3 is 2.87 bits per heavy atom. The van der Waals surface area contributed by atoms with E-state index in [0.29, 0.717) is 11.3 Å². The standard InChI is InChI=1S/C11H12N2O2/c1-15-11(14)10-8(6-12)7-4-2-3-5-9(7)13-10/h13H,2-5H2,1H3. The lowest BCUT2D eigenvalue weighted by molar-refractivity contribution is 0.0594. The number of rotatable bonds is 1. The van der Waals surface area contributed by atoms with Gasteiger partial charge in [0.2, 0.25) is 0 Å². The van der Waals surface area contributed by atoms with Gasteiger partial charge in [0, 0.05) is 5.69 Å². The van der Waals surface area contributed by atoms with Gasteiger partial charge in [-0.05, 0) is 31.2 Å². The van der Waals surface area contributed by atoms with Crippen molar-refractivity contribution in [3.8, 4) is 6.07 Å². The first-order chi connectivity index (χ1) is 7.27. The predicted octanol–water partition coefficient (Wildman–Crippen LogP) is 1.55. The minimum atomic E-state index is -0.457. The first-order valence-electron chi connectivity index (χ1n) is 5.00. The number of nitrogens with one attached hydrogen (secondary N) is 1. The zero-order valence-electron chi connectivity index (χ0n) is 8.59. The van der Waals surface area contributed by atoms with E-state index in [0.717, 1.165) is 36.9 Å². The van der Waals surface area contributed by atoms with Crippen molar-refractivity contribution < 1.29 is 9.53 Å². The number of aromatic nitrogens is 1. The molecular weight excluding hydrogens is 192 g/mol. The molecule has 0 atom stereocenters. The average Bonchev–Trinajstić information content (AvgIpc) is 2.66. The zero-order chi connectivity index (χ0) is 10.8. The summed E-state index contributed by atoms with van der Waals surface area (Å²) in [6, 6.07) is 2.09. The van der Waals surface area contributed by atoms with E-state index in [1.165, 1.54) is 7.11 Å². The van der Waals surface area contributed by atoms with Crippen molar-refractivity contribution in [3.05, 3.63) is 22.5 Å². The first-order valence-corrected chi connectivity index (χ1v) is 5.00. The second-order valence-electron chi connectivity index (χ2n) is 3.64. The SMILES string of the molecule is COC(=O)c1[nH]c2c(c1C#N)CCCC2. The van der Waals surface area contributed by atoms with Gasteiger partial charge in [-0.3, -0.25) is 0 Å². The predicted molar refractivity (Wildman–Crippen MR) is 53.5 cm³/mol. The van der Waals surface area contributed by atoms with Crippen LogP contribution in [0.4, 0.5) is 0 Å². The zero-order valence-corrected chi connectivity index (χ0v) is 8.59. The van der Waals surface area contributed by atoms with E-state index in [9.17, 15) is 4.79 Å². The quantitative estimate of drug-likeness (QED) is 0.706. The maximum atomic E-state index is 11.4. The first kappa shape index (κ1) is 9.78. The summed E-state index contributed by atoms with van der Waals surface area (Å²) in [7, 11) is 1.32. The molecule has 0 amide bonds. The van der Waals surface area contributed by atoms with Crippen LogP contribution < -0.4 is 0 Å². The summed E-state index contributed by atoms with van der Waals surface area (Å²) in [5, 5.41) is 9.03. The number of carbonyl (C=O) groups excluding carboxylic acids is 1. The number of aromatic amines is 1. The molecular formula is C11H12N2O2. The summed E-state index contributed by atoms with van der Waals surface area (Å²) in [4.78, 5) is 14.4. The van der Waals surface area contributed by atoms with Crippen molar-refractivity contribution in [2.75, 3.05) is 7.11 Å². The van der Waals surface area contributed by atoms with Crippen LogP contribution in [0.2, 0.25) is 0 Å². The van der Waals surface area contributed by atoms with E-state index in [-0.39, 0.29) is 0 Å². The number of esters is 1. The van der Waals surface area contributed by atoms with Gasteiger partial charge in [-0.25, -0.2) is 4.79 Å². The number of ether oxygens (including phenoxy) is 1. The highest BCUT2D eigenvalue weighted by molar-refractivity contribution is 5.91. The van der Waals surface area contributed by atoms with Crippen LogP contribution in [0, 0.1) is 11.3 Å². The van der Waals surface area contributed by atoms with Gasteiger partial charge in [0.1, 0.15) is 11.8 Å². The summed E-state index contributed by atoms with van der Waals surface area (Å²) in [5.41, 5.74) is 2.81. The van der Waals surface area contributed by atoms with Gasteiger partial charge in [-0.1, -0.05) is 0 Å². The molecule has 1 aromatic heterocycles. The highest BCUT2D eigenvalue weighted by atomic mass is 16.5. The second-order valence-corrected chi connectivity index (χ2v) is 3.64. The van der Waals surface area contributed by atoms with Crippen molar-refractivity contribution in [3.63, 3.8) is 0 Å². The fraction of sp³-hybridized carbons (Fsp3) is 0.455. The van der Waals surface area contributed by atoms with Crippen LogP contribution in [0.25, 0.3) is 0 Å². The Bertz CT molecular complexity index is 440. The van der Waals surface area contributed by atoms with Crippen LogP contribution in [0.15, 0.2) is 0 Å². The maximum absolute atomic E-state index is 11.4. The van der Waals surface area contributed by atoms with E-state index in [1.54, 1.807) is 0 Å². The number of fused-ring (bicyclic) bond motifs is 1. The van der Waals surface area contributed by atoms with Crippen molar-refractivity contribution in [2.45, 2.75) is 25.7 Å². The van der Waals surface area contributed by atoms with E-state index < -0.39 is 5.97 Å². The van der Waals surface area contributed by atoms with Gasteiger partial charge in [0.15, 0.2) is 0 Å². The van der Waals surface area contributed by atoms with Crippen LogP contribution in [-0.2, 0) is 17.6 Å². The lowest BCUT2D eigenvalue weighted by atomic mass is 9.95. The van der Waals surface area contributed by atoms with Gasteiger partial charge in [-0.15, -0.1) is 0 Å². The molecule has 15 heavy (non-hydrogen) atoms. The third kappa shape index (κ3) is 1.50. The van der Waals surface area contributed by atoms with Crippen LogP contribution in [-0.4, -0.2) is 18.1 Å². The van der Waals surface area contributed by atoms with Gasteiger partial charge in [-0.2, -0.15) is 5.26 Å². The van der Waals surface area contributed by atoms with Crippen LogP contribution in [0.3, 0.4) is 0 Å². The van der Waals surface area contributed by atoms with Gasteiger partial charge >= 0.3 is 5.97 Å². The third-order valence-electron chi connectivity index (χ3n) is 2.80. The Morgan fingerprint density at radius 2 is 2.20 bits per heavy atom. The molecule has 1 aromatic rings. The van der Waals surface area contributed by atoms with E-state index >= 15 is 0 Å². The molecule has 4 nitrogen and oxygen atoms in total. The van der Waals surface area contributed by atoms with E-state index in [1.807, 2.05) is 0 Å². The number of nitriles is 1. The number of hydrogen-bond donors (Lipinski definition) is 1. The molecule has 4 heteroatoms. The van der Waals surface area contributed by atoms with Crippen molar-refractivity contribution in [2.24, 2.45) is 0 Å². The number of aryl methyl sites for hydroxylation is 1. The molecule has 1 aliphatic carbocycles. The molecule has 0 aromatic carbocycles. The van der Waals surface area contributed by atoms with Crippen LogP contribution in [0.1, 0.15) is 40.2 Å². The lowest BCUT2D eigenvalue weighted by Crippen LogP contribution is -2.04. The Morgan fingerprint density at radius 1 is 1.47 bits per heavy atom. The number of nitrogens with zero attached hydrogens (tertiary/aromatic N) is 1. The molecule has 0 saturated carbocycles. The molecule has 0 aliphatic heterocycles. The Hall–Kier alpha value is -1.76. The lowest BCUT2D eigenvalue weighted by Gasteiger charge is -2.09. The summed E-state index contributed by atoms with van der Waals surface area (Å²) in [6.07, 6.45) is 3.99. The number of hydrogen-bond acceptors (Lipinski definition) is 3. The smallest absolute Gasteiger partial charge is 0.355 e. The molecule has 78 valence electrons. The molecule has 0 spiro atoms. The molecule has 0 saturated heterocycles. The molecule has 1 aliphatic rings. The fourth-order valence-electron chi connectivity index (χ4n) is 2.06. The summed E-state index contributed by atoms with van der Waals surface area (Å²) < 4.78 is 4.64. The number of carbonyl (C=O) groups is 1. The Kier molecular flexibility index (Phi) is 2.46. The minimum Gasteiger partial charge on any atom is -0.464 e. The monoisotopic (exact) mass is 204 g/mol. The second kappa shape index (κ2) is 3.77. The van der Waals surface area contributed by atoms with Crippen molar-refractivity contribution >= 4 is 5.97 Å². The average molecular weight is 204 g/mol. The summed E-state index contributed by atoms with van der Waals surface area (Å²) >= 11 is 0. The molecule has 1 N–H and O–H groups in total. The fourth-order valence-corrected chi connectivity index (χ4v) is 2.06. The van der Waals surface area contributed by atoms with E-state index in [2.05, 4.69) is 15.8 Å². The third-order valence-corrected chi connectivity index (χ3v) is 2.80. The maximum Gasteiger partial charge on any atom is 0.355 e. The Labute approximate surface area is 87.9 Å². The van der Waals surface area contributed by atoms with Gasteiger partial charge in [0.05, 0.1) is 12.7 Å². The number of H-pyrrole nitrogens is 1. The summed E-state index contributed by atoms with van der Waals surface area (Å²) in [6.45, 7) is 0. The highest BCUT2D eigenvalue weighted by Crippen LogP contribution is 2.26. The van der Waals surface area contributed by atoms with Gasteiger partial charge in [0.25, 0.3) is 0 Å². The number of methoxy groups -OCH3 is 1. The van der Waals surface area contributed by atoms with Gasteiger partial charge < -0.3 is 9.72 Å². The Balaban J connectivity index is 2.52. The summed E-state index contributed by atoms with van der Waals surface area (Å²) in [5.74, 6) is -0.457. The highest BCUT2D eigenvalue weighted by Gasteiger charge is 2.23.